The number of hydrogen-bond donors (Lipinski definition) is 3. The SMILES string of the molecule is O=[N+]([O-])c1ccccc1NC(=S)NN=Cc1c[nH]c2ccccc12. The van der Waals surface area contributed by atoms with Gasteiger partial charge in [0.05, 0.1) is 11.1 Å². The van der Waals surface area contributed by atoms with E-state index in [0.717, 1.165) is 16.5 Å². The average Bonchev–Trinajstić information content (AvgIpc) is 2.98. The van der Waals surface area contributed by atoms with Gasteiger partial charge in [0.1, 0.15) is 5.69 Å². The fourth-order valence-corrected chi connectivity index (χ4v) is 2.41. The van der Waals surface area contributed by atoms with Gasteiger partial charge in [-0.2, -0.15) is 5.10 Å². The Morgan fingerprint density at radius 3 is 2.79 bits per heavy atom. The van der Waals surface area contributed by atoms with Crippen LogP contribution in [0.15, 0.2) is 59.8 Å². The second kappa shape index (κ2) is 6.88. The molecule has 120 valence electrons. The van der Waals surface area contributed by atoms with Gasteiger partial charge in [-0.15, -0.1) is 0 Å². The lowest BCUT2D eigenvalue weighted by atomic mass is 10.2. The van der Waals surface area contributed by atoms with Crippen molar-refractivity contribution in [2.45, 2.75) is 0 Å². The summed E-state index contributed by atoms with van der Waals surface area (Å²) in [6.45, 7) is 0. The molecule has 0 aliphatic heterocycles. The summed E-state index contributed by atoms with van der Waals surface area (Å²) in [5.41, 5.74) is 4.83. The van der Waals surface area contributed by atoms with Crippen molar-refractivity contribution in [3.05, 3.63) is 70.4 Å². The molecule has 0 aliphatic carbocycles. The van der Waals surface area contributed by atoms with E-state index in [1.165, 1.54) is 6.07 Å². The summed E-state index contributed by atoms with van der Waals surface area (Å²) < 4.78 is 0. The molecule has 0 fully saturated rings. The lowest BCUT2D eigenvalue weighted by Crippen LogP contribution is -2.24. The van der Waals surface area contributed by atoms with Crippen molar-refractivity contribution < 1.29 is 4.92 Å². The van der Waals surface area contributed by atoms with E-state index in [1.807, 2.05) is 30.5 Å². The summed E-state index contributed by atoms with van der Waals surface area (Å²) in [6.07, 6.45) is 3.47. The van der Waals surface area contributed by atoms with E-state index >= 15 is 0 Å². The maximum absolute atomic E-state index is 11.0. The first-order valence-electron chi connectivity index (χ1n) is 7.05. The number of nitrogens with one attached hydrogen (secondary N) is 3. The molecule has 0 aliphatic rings. The van der Waals surface area contributed by atoms with Crippen LogP contribution in [0.25, 0.3) is 10.9 Å². The Kier molecular flexibility index (Phi) is 4.48. The topological polar surface area (TPSA) is 95.3 Å². The Bertz CT molecular complexity index is 935. The van der Waals surface area contributed by atoms with Crippen LogP contribution in [0.4, 0.5) is 11.4 Å². The number of fused-ring (bicyclic) bond motifs is 1. The van der Waals surface area contributed by atoms with Crippen LogP contribution in [0.1, 0.15) is 5.56 Å². The molecule has 24 heavy (non-hydrogen) atoms. The predicted molar refractivity (Wildman–Crippen MR) is 98.3 cm³/mol. The van der Waals surface area contributed by atoms with Crippen LogP contribution >= 0.6 is 12.2 Å². The van der Waals surface area contributed by atoms with Crippen molar-refractivity contribution in [1.82, 2.24) is 10.4 Å². The first-order valence-corrected chi connectivity index (χ1v) is 7.45. The van der Waals surface area contributed by atoms with Gasteiger partial charge in [0.25, 0.3) is 5.69 Å². The van der Waals surface area contributed by atoms with Crippen molar-refractivity contribution >= 4 is 45.8 Å². The Balaban J connectivity index is 1.67. The van der Waals surface area contributed by atoms with E-state index in [9.17, 15) is 10.1 Å². The van der Waals surface area contributed by atoms with Crippen molar-refractivity contribution in [3.63, 3.8) is 0 Å². The zero-order valence-corrected chi connectivity index (χ0v) is 13.2. The maximum atomic E-state index is 11.0. The van der Waals surface area contributed by atoms with Gasteiger partial charge in [-0.25, -0.2) is 0 Å². The quantitative estimate of drug-likeness (QED) is 0.293. The Hall–Kier alpha value is -3.26. The number of hydrazone groups is 1. The second-order valence-electron chi connectivity index (χ2n) is 4.89. The lowest BCUT2D eigenvalue weighted by Gasteiger charge is -2.07. The third-order valence-corrected chi connectivity index (χ3v) is 3.53. The van der Waals surface area contributed by atoms with E-state index in [-0.39, 0.29) is 10.8 Å². The van der Waals surface area contributed by atoms with Gasteiger partial charge in [0, 0.05) is 28.7 Å². The third kappa shape index (κ3) is 3.39. The Morgan fingerprint density at radius 2 is 1.96 bits per heavy atom. The number of anilines is 1. The Labute approximate surface area is 142 Å². The van der Waals surface area contributed by atoms with Gasteiger partial charge < -0.3 is 10.3 Å². The number of aromatic amines is 1. The molecule has 3 N–H and O–H groups in total. The van der Waals surface area contributed by atoms with E-state index in [1.54, 1.807) is 24.4 Å². The maximum Gasteiger partial charge on any atom is 0.292 e. The summed E-state index contributed by atoms with van der Waals surface area (Å²) in [4.78, 5) is 13.6. The van der Waals surface area contributed by atoms with Gasteiger partial charge in [-0.05, 0) is 24.4 Å². The molecule has 3 rings (SSSR count). The van der Waals surface area contributed by atoms with Crippen molar-refractivity contribution in [3.8, 4) is 0 Å². The van der Waals surface area contributed by atoms with Crippen LogP contribution in [0.3, 0.4) is 0 Å². The highest BCUT2D eigenvalue weighted by Crippen LogP contribution is 2.22. The molecule has 0 amide bonds. The zero-order valence-electron chi connectivity index (χ0n) is 12.4. The number of nitrogens with zero attached hydrogens (tertiary/aromatic N) is 2. The fourth-order valence-electron chi connectivity index (χ4n) is 2.25. The molecular weight excluding hydrogens is 326 g/mol. The van der Waals surface area contributed by atoms with Crippen molar-refractivity contribution in [2.75, 3.05) is 5.32 Å². The second-order valence-corrected chi connectivity index (χ2v) is 5.30. The smallest absolute Gasteiger partial charge is 0.292 e. The summed E-state index contributed by atoms with van der Waals surface area (Å²) in [7, 11) is 0. The number of benzene rings is 2. The highest BCUT2D eigenvalue weighted by molar-refractivity contribution is 7.80. The van der Waals surface area contributed by atoms with Crippen LogP contribution in [0.2, 0.25) is 0 Å². The van der Waals surface area contributed by atoms with Gasteiger partial charge in [0.15, 0.2) is 5.11 Å². The molecule has 0 unspecified atom stereocenters. The molecule has 0 saturated carbocycles. The van der Waals surface area contributed by atoms with Gasteiger partial charge >= 0.3 is 0 Å². The third-order valence-electron chi connectivity index (χ3n) is 3.34. The summed E-state index contributed by atoms with van der Waals surface area (Å²) in [6, 6.07) is 14.1. The lowest BCUT2D eigenvalue weighted by molar-refractivity contribution is -0.383. The molecule has 2 aromatic carbocycles. The molecule has 7 nitrogen and oxygen atoms in total. The number of H-pyrrole nitrogens is 1. The monoisotopic (exact) mass is 339 g/mol. The van der Waals surface area contributed by atoms with E-state index < -0.39 is 4.92 Å². The van der Waals surface area contributed by atoms with Gasteiger partial charge in [0.2, 0.25) is 0 Å². The molecular formula is C16H13N5O2S. The number of hydrogen-bond acceptors (Lipinski definition) is 4. The predicted octanol–water partition coefficient (Wildman–Crippen LogP) is 3.40. The summed E-state index contributed by atoms with van der Waals surface area (Å²) >= 11 is 5.11. The first-order chi connectivity index (χ1) is 11.6. The first kappa shape index (κ1) is 15.6. The summed E-state index contributed by atoms with van der Waals surface area (Å²) in [5, 5.41) is 19.0. The molecule has 0 atom stereocenters. The molecule has 3 aromatic rings. The van der Waals surface area contributed by atoms with E-state index in [2.05, 4.69) is 20.8 Å². The molecule has 0 saturated heterocycles. The highest BCUT2D eigenvalue weighted by Gasteiger charge is 2.12. The fraction of sp³-hybridized carbons (Fsp3) is 0. The average molecular weight is 339 g/mol. The van der Waals surface area contributed by atoms with Crippen LogP contribution < -0.4 is 10.7 Å². The normalized spacial score (nSPS) is 10.8. The highest BCUT2D eigenvalue weighted by atomic mass is 32.1. The zero-order chi connectivity index (χ0) is 16.9. The number of aromatic nitrogens is 1. The molecule has 0 radical (unpaired) electrons. The van der Waals surface area contributed by atoms with Crippen LogP contribution in [0, 0.1) is 10.1 Å². The number of nitro groups is 1. The van der Waals surface area contributed by atoms with Gasteiger partial charge in [-0.3, -0.25) is 15.5 Å². The van der Waals surface area contributed by atoms with Crippen molar-refractivity contribution in [1.29, 1.82) is 0 Å². The van der Waals surface area contributed by atoms with Gasteiger partial charge in [-0.1, -0.05) is 30.3 Å². The standard InChI is InChI=1S/C16H13N5O2S/c22-21(23)15-8-4-3-7-14(15)19-16(24)20-18-10-11-9-17-13-6-2-1-5-12(11)13/h1-10,17H,(H2,19,20,24). The Morgan fingerprint density at radius 1 is 1.21 bits per heavy atom. The number of nitro benzene ring substituents is 1. The molecule has 8 heteroatoms. The minimum Gasteiger partial charge on any atom is -0.361 e. The van der Waals surface area contributed by atoms with Crippen LogP contribution in [0.5, 0.6) is 0 Å². The van der Waals surface area contributed by atoms with E-state index in [0.29, 0.717) is 5.69 Å². The molecule has 1 aromatic heterocycles. The molecule has 1 heterocycles. The number of rotatable bonds is 4. The van der Waals surface area contributed by atoms with Crippen LogP contribution in [-0.2, 0) is 0 Å². The molecule has 0 spiro atoms. The minimum absolute atomic E-state index is 0.0535. The minimum atomic E-state index is -0.472. The largest absolute Gasteiger partial charge is 0.361 e. The summed E-state index contributed by atoms with van der Waals surface area (Å²) in [5.74, 6) is 0. The molecule has 0 bridgehead atoms. The number of thiocarbonyl (C=S) groups is 1. The van der Waals surface area contributed by atoms with Crippen molar-refractivity contribution in [2.24, 2.45) is 5.10 Å². The van der Waals surface area contributed by atoms with Crippen LogP contribution in [-0.4, -0.2) is 21.2 Å². The number of para-hydroxylation sites is 3. The van der Waals surface area contributed by atoms with E-state index in [4.69, 9.17) is 12.2 Å².